The van der Waals surface area contributed by atoms with Crippen LogP contribution in [-0.2, 0) is 11.2 Å². The average molecular weight is 249 g/mol. The van der Waals surface area contributed by atoms with Crippen molar-refractivity contribution in [3.63, 3.8) is 0 Å². The number of carboxylic acids is 1. The van der Waals surface area contributed by atoms with Crippen molar-refractivity contribution in [1.29, 1.82) is 0 Å². The fourth-order valence-electron chi connectivity index (χ4n) is 2.03. The van der Waals surface area contributed by atoms with Gasteiger partial charge in [0, 0.05) is 0 Å². The molecule has 0 saturated heterocycles. The molecule has 1 aromatic carbocycles. The van der Waals surface area contributed by atoms with E-state index in [-0.39, 0.29) is 0 Å². The van der Waals surface area contributed by atoms with Crippen molar-refractivity contribution in [1.82, 2.24) is 5.32 Å². The first-order chi connectivity index (χ1) is 8.63. The van der Waals surface area contributed by atoms with Gasteiger partial charge >= 0.3 is 5.97 Å². The van der Waals surface area contributed by atoms with Crippen molar-refractivity contribution < 1.29 is 9.90 Å². The highest BCUT2D eigenvalue weighted by Crippen LogP contribution is 2.08. The number of carbonyl (C=O) groups is 1. The Morgan fingerprint density at radius 1 is 1.33 bits per heavy atom. The van der Waals surface area contributed by atoms with E-state index in [4.69, 9.17) is 5.11 Å². The van der Waals surface area contributed by atoms with E-state index in [9.17, 15) is 4.79 Å². The maximum Gasteiger partial charge on any atom is 0.320 e. The summed E-state index contributed by atoms with van der Waals surface area (Å²) in [4.78, 5) is 11.0. The molecule has 100 valence electrons. The van der Waals surface area contributed by atoms with Crippen LogP contribution in [0.15, 0.2) is 30.3 Å². The summed E-state index contributed by atoms with van der Waals surface area (Å²) in [5.74, 6) is -0.310. The van der Waals surface area contributed by atoms with Gasteiger partial charge in [-0.25, -0.2) is 0 Å². The smallest absolute Gasteiger partial charge is 0.320 e. The van der Waals surface area contributed by atoms with Gasteiger partial charge in [0.05, 0.1) is 0 Å². The first-order valence-corrected chi connectivity index (χ1v) is 6.63. The van der Waals surface area contributed by atoms with Crippen LogP contribution < -0.4 is 5.32 Å². The minimum absolute atomic E-state index is 0.409. The van der Waals surface area contributed by atoms with Crippen molar-refractivity contribution in [3.8, 4) is 0 Å². The molecular formula is C15H23NO2. The van der Waals surface area contributed by atoms with Gasteiger partial charge < -0.3 is 10.4 Å². The maximum atomic E-state index is 11.0. The summed E-state index contributed by atoms with van der Waals surface area (Å²) in [5.41, 5.74) is 1.30. The Labute approximate surface area is 109 Å². The molecule has 0 spiro atoms. The number of carboxylic acid groups (broad SMARTS) is 1. The van der Waals surface area contributed by atoms with E-state index in [1.54, 1.807) is 0 Å². The molecule has 0 radical (unpaired) electrons. The standard InChI is InChI=1S/C15H23NO2/c1-3-7-14(15(17)18)16-11-12(2)10-13-8-5-4-6-9-13/h4-6,8-9,12,14,16H,3,7,10-11H2,1-2H3,(H,17,18). The van der Waals surface area contributed by atoms with E-state index >= 15 is 0 Å². The largest absolute Gasteiger partial charge is 0.480 e. The molecular weight excluding hydrogens is 226 g/mol. The number of nitrogens with one attached hydrogen (secondary N) is 1. The Morgan fingerprint density at radius 2 is 2.00 bits per heavy atom. The highest BCUT2D eigenvalue weighted by atomic mass is 16.4. The average Bonchev–Trinajstić information content (AvgIpc) is 2.35. The van der Waals surface area contributed by atoms with E-state index < -0.39 is 12.0 Å². The van der Waals surface area contributed by atoms with E-state index in [1.165, 1.54) is 5.56 Å². The van der Waals surface area contributed by atoms with E-state index in [2.05, 4.69) is 24.4 Å². The summed E-state index contributed by atoms with van der Waals surface area (Å²) < 4.78 is 0. The number of hydrogen-bond acceptors (Lipinski definition) is 2. The first kappa shape index (κ1) is 14.7. The fraction of sp³-hybridized carbons (Fsp3) is 0.533. The molecule has 0 aromatic heterocycles. The highest BCUT2D eigenvalue weighted by molar-refractivity contribution is 5.73. The van der Waals surface area contributed by atoms with Crippen LogP contribution in [0.2, 0.25) is 0 Å². The molecule has 2 atom stereocenters. The zero-order chi connectivity index (χ0) is 13.4. The molecule has 18 heavy (non-hydrogen) atoms. The summed E-state index contributed by atoms with van der Waals surface area (Å²) in [6, 6.07) is 9.88. The van der Waals surface area contributed by atoms with Gasteiger partial charge in [-0.05, 0) is 30.9 Å². The van der Waals surface area contributed by atoms with Crippen LogP contribution in [0.1, 0.15) is 32.3 Å². The third-order valence-electron chi connectivity index (χ3n) is 3.02. The minimum atomic E-state index is -0.747. The second-order valence-electron chi connectivity index (χ2n) is 4.88. The molecule has 0 aliphatic rings. The summed E-state index contributed by atoms with van der Waals surface area (Å²) in [6.07, 6.45) is 2.55. The van der Waals surface area contributed by atoms with Crippen LogP contribution in [0.5, 0.6) is 0 Å². The van der Waals surface area contributed by atoms with Crippen molar-refractivity contribution >= 4 is 5.97 Å². The van der Waals surface area contributed by atoms with Gasteiger partial charge in [-0.2, -0.15) is 0 Å². The molecule has 0 heterocycles. The lowest BCUT2D eigenvalue weighted by atomic mass is 10.0. The Kier molecular flexibility index (Phi) is 6.44. The van der Waals surface area contributed by atoms with Gasteiger partial charge in [0.1, 0.15) is 6.04 Å². The Bertz CT molecular complexity index is 351. The second kappa shape index (κ2) is 7.88. The summed E-state index contributed by atoms with van der Waals surface area (Å²) >= 11 is 0. The molecule has 1 aromatic rings. The third-order valence-corrected chi connectivity index (χ3v) is 3.02. The van der Waals surface area contributed by atoms with Crippen LogP contribution in [0, 0.1) is 5.92 Å². The normalized spacial score (nSPS) is 14.1. The van der Waals surface area contributed by atoms with Crippen LogP contribution in [0.25, 0.3) is 0 Å². The summed E-state index contributed by atoms with van der Waals surface area (Å²) in [7, 11) is 0. The molecule has 3 nitrogen and oxygen atoms in total. The van der Waals surface area contributed by atoms with Crippen LogP contribution in [0.3, 0.4) is 0 Å². The first-order valence-electron chi connectivity index (χ1n) is 6.63. The van der Waals surface area contributed by atoms with Gasteiger partial charge in [-0.3, -0.25) is 4.79 Å². The van der Waals surface area contributed by atoms with Crippen molar-refractivity contribution in [3.05, 3.63) is 35.9 Å². The molecule has 1 rings (SSSR count). The van der Waals surface area contributed by atoms with Crippen molar-refractivity contribution in [2.75, 3.05) is 6.54 Å². The zero-order valence-corrected chi connectivity index (χ0v) is 11.2. The predicted molar refractivity (Wildman–Crippen MR) is 73.6 cm³/mol. The van der Waals surface area contributed by atoms with Crippen LogP contribution >= 0.6 is 0 Å². The van der Waals surface area contributed by atoms with Crippen LogP contribution in [-0.4, -0.2) is 23.7 Å². The lowest BCUT2D eigenvalue weighted by molar-refractivity contribution is -0.139. The van der Waals surface area contributed by atoms with Crippen LogP contribution in [0.4, 0.5) is 0 Å². The number of rotatable bonds is 8. The highest BCUT2D eigenvalue weighted by Gasteiger charge is 2.16. The molecule has 0 amide bonds. The van der Waals surface area contributed by atoms with Gasteiger partial charge in [-0.1, -0.05) is 50.6 Å². The quantitative estimate of drug-likeness (QED) is 0.744. The fourth-order valence-corrected chi connectivity index (χ4v) is 2.03. The molecule has 0 fully saturated rings. The maximum absolute atomic E-state index is 11.0. The number of benzene rings is 1. The Morgan fingerprint density at radius 3 is 2.56 bits per heavy atom. The SMILES string of the molecule is CCCC(NCC(C)Cc1ccccc1)C(=O)O. The zero-order valence-electron chi connectivity index (χ0n) is 11.2. The molecule has 2 N–H and O–H groups in total. The Hall–Kier alpha value is -1.35. The predicted octanol–water partition coefficient (Wildman–Crippen LogP) is 2.71. The molecule has 0 bridgehead atoms. The lowest BCUT2D eigenvalue weighted by Gasteiger charge is -2.17. The molecule has 3 heteroatoms. The van der Waals surface area contributed by atoms with E-state index in [0.717, 1.165) is 19.4 Å². The topological polar surface area (TPSA) is 49.3 Å². The van der Waals surface area contributed by atoms with Gasteiger partial charge in [-0.15, -0.1) is 0 Å². The van der Waals surface area contributed by atoms with Gasteiger partial charge in [0.2, 0.25) is 0 Å². The van der Waals surface area contributed by atoms with Crippen molar-refractivity contribution in [2.45, 2.75) is 39.2 Å². The monoisotopic (exact) mass is 249 g/mol. The minimum Gasteiger partial charge on any atom is -0.480 e. The molecule has 0 saturated carbocycles. The Balaban J connectivity index is 2.36. The van der Waals surface area contributed by atoms with Crippen molar-refractivity contribution in [2.24, 2.45) is 5.92 Å². The van der Waals surface area contributed by atoms with Gasteiger partial charge in [0.15, 0.2) is 0 Å². The molecule has 0 aliphatic carbocycles. The molecule has 0 aliphatic heterocycles. The van der Waals surface area contributed by atoms with E-state index in [0.29, 0.717) is 12.3 Å². The third kappa shape index (κ3) is 5.32. The van der Waals surface area contributed by atoms with E-state index in [1.807, 2.05) is 25.1 Å². The summed E-state index contributed by atoms with van der Waals surface area (Å²) in [6.45, 7) is 4.89. The second-order valence-corrected chi connectivity index (χ2v) is 4.88. The van der Waals surface area contributed by atoms with Gasteiger partial charge in [0.25, 0.3) is 0 Å². The number of hydrogen-bond donors (Lipinski definition) is 2. The summed E-state index contributed by atoms with van der Waals surface area (Å²) in [5, 5.41) is 12.2. The number of aliphatic carboxylic acids is 1. The lowest BCUT2D eigenvalue weighted by Crippen LogP contribution is -2.39. The molecule has 2 unspecified atom stereocenters.